The maximum atomic E-state index is 13.0. The van der Waals surface area contributed by atoms with Crippen LogP contribution in [0.4, 0.5) is 5.69 Å². The molecule has 2 heterocycles. The van der Waals surface area contributed by atoms with Crippen LogP contribution in [0.1, 0.15) is 48.7 Å². The predicted octanol–water partition coefficient (Wildman–Crippen LogP) is 5.14. The quantitative estimate of drug-likeness (QED) is 0.633. The Morgan fingerprint density at radius 1 is 1.11 bits per heavy atom. The van der Waals surface area contributed by atoms with Gasteiger partial charge in [0.25, 0.3) is 0 Å². The second-order valence-corrected chi connectivity index (χ2v) is 8.62. The molecule has 0 bridgehead atoms. The molecule has 0 saturated carbocycles. The van der Waals surface area contributed by atoms with E-state index in [1.54, 1.807) is 0 Å². The summed E-state index contributed by atoms with van der Waals surface area (Å²) in [5.41, 5.74) is 6.83. The highest BCUT2D eigenvalue weighted by atomic mass is 16.2. The summed E-state index contributed by atoms with van der Waals surface area (Å²) in [6.07, 6.45) is 0.522. The van der Waals surface area contributed by atoms with Gasteiger partial charge in [-0.3, -0.25) is 4.79 Å². The van der Waals surface area contributed by atoms with E-state index in [1.165, 1.54) is 22.2 Å². The first-order chi connectivity index (χ1) is 13.3. The fraction of sp³-hybridized carbons (Fsp3) is 0.417. The molecule has 146 valence electrons. The van der Waals surface area contributed by atoms with Crippen molar-refractivity contribution in [2.45, 2.75) is 53.5 Å². The van der Waals surface area contributed by atoms with Gasteiger partial charge >= 0.3 is 0 Å². The summed E-state index contributed by atoms with van der Waals surface area (Å²) in [5.74, 6) is 1.89. The van der Waals surface area contributed by atoms with E-state index in [0.29, 0.717) is 18.9 Å². The molecule has 1 aliphatic rings. The summed E-state index contributed by atoms with van der Waals surface area (Å²) in [6.45, 7) is 12.4. The predicted molar refractivity (Wildman–Crippen MR) is 115 cm³/mol. The van der Waals surface area contributed by atoms with Crippen LogP contribution in [0.5, 0.6) is 0 Å². The molecule has 1 atom stereocenters. The van der Waals surface area contributed by atoms with Crippen LogP contribution in [-0.2, 0) is 11.3 Å². The molecular weight excluding hydrogens is 346 g/mol. The van der Waals surface area contributed by atoms with E-state index < -0.39 is 0 Å². The number of imidazole rings is 1. The Morgan fingerprint density at radius 2 is 1.79 bits per heavy atom. The molecule has 4 nitrogen and oxygen atoms in total. The summed E-state index contributed by atoms with van der Waals surface area (Å²) < 4.78 is 2.33. The Kier molecular flexibility index (Phi) is 4.74. The van der Waals surface area contributed by atoms with Crippen LogP contribution in [0, 0.1) is 26.7 Å². The fourth-order valence-corrected chi connectivity index (χ4v) is 4.66. The van der Waals surface area contributed by atoms with Crippen molar-refractivity contribution >= 4 is 22.6 Å². The molecule has 1 saturated heterocycles. The number of carbonyl (C=O) groups excluding carboxylic acids is 1. The average Bonchev–Trinajstić information content (AvgIpc) is 3.15. The highest BCUT2D eigenvalue weighted by Gasteiger charge is 2.36. The lowest BCUT2D eigenvalue weighted by Crippen LogP contribution is -2.26. The fourth-order valence-electron chi connectivity index (χ4n) is 4.66. The lowest BCUT2D eigenvalue weighted by Gasteiger charge is -2.22. The summed E-state index contributed by atoms with van der Waals surface area (Å²) >= 11 is 0. The van der Waals surface area contributed by atoms with Gasteiger partial charge in [-0.1, -0.05) is 43.7 Å². The molecule has 2 aromatic carbocycles. The second-order valence-electron chi connectivity index (χ2n) is 8.62. The number of fused-ring (bicyclic) bond motifs is 1. The minimum Gasteiger partial charge on any atom is -0.327 e. The van der Waals surface area contributed by atoms with Gasteiger partial charge in [-0.05, 0) is 49.9 Å². The van der Waals surface area contributed by atoms with Crippen LogP contribution < -0.4 is 4.90 Å². The Labute approximate surface area is 167 Å². The molecule has 28 heavy (non-hydrogen) atoms. The van der Waals surface area contributed by atoms with Crippen LogP contribution in [0.15, 0.2) is 36.4 Å². The number of rotatable bonds is 4. The van der Waals surface area contributed by atoms with Gasteiger partial charge in [0.05, 0.1) is 11.0 Å². The number of hydrogen-bond acceptors (Lipinski definition) is 2. The number of benzene rings is 2. The highest BCUT2D eigenvalue weighted by Crippen LogP contribution is 2.36. The van der Waals surface area contributed by atoms with Crippen LogP contribution in [-0.4, -0.2) is 22.0 Å². The molecule has 1 aromatic heterocycles. The van der Waals surface area contributed by atoms with Crippen molar-refractivity contribution in [2.24, 2.45) is 5.92 Å². The van der Waals surface area contributed by atoms with Gasteiger partial charge in [0, 0.05) is 31.1 Å². The zero-order valence-electron chi connectivity index (χ0n) is 17.5. The molecule has 0 radical (unpaired) electrons. The van der Waals surface area contributed by atoms with E-state index in [0.717, 1.165) is 23.6 Å². The molecule has 0 unspecified atom stereocenters. The number of anilines is 1. The van der Waals surface area contributed by atoms with Gasteiger partial charge in [-0.25, -0.2) is 4.98 Å². The third kappa shape index (κ3) is 3.21. The molecule has 0 aliphatic carbocycles. The number of nitrogens with zero attached hydrogens (tertiary/aromatic N) is 3. The first kappa shape index (κ1) is 18.7. The number of aryl methyl sites for hydroxylation is 3. The number of carbonyl (C=O) groups is 1. The largest absolute Gasteiger partial charge is 0.327 e. The van der Waals surface area contributed by atoms with E-state index in [2.05, 4.69) is 69.5 Å². The van der Waals surface area contributed by atoms with Crippen LogP contribution in [0.3, 0.4) is 0 Å². The van der Waals surface area contributed by atoms with Crippen LogP contribution in [0.25, 0.3) is 11.0 Å². The van der Waals surface area contributed by atoms with Crippen molar-refractivity contribution < 1.29 is 4.79 Å². The molecule has 1 amide bonds. The van der Waals surface area contributed by atoms with Crippen LogP contribution in [0.2, 0.25) is 0 Å². The summed E-state index contributed by atoms with van der Waals surface area (Å²) in [7, 11) is 0. The Morgan fingerprint density at radius 3 is 2.46 bits per heavy atom. The molecule has 3 aromatic rings. The molecule has 0 spiro atoms. The highest BCUT2D eigenvalue weighted by molar-refractivity contribution is 5.98. The number of amides is 1. The SMILES string of the molecule is Cc1cc(C)c(N2C[C@@H](c3nc4ccccc4n3CC(C)C)CC2=O)c(C)c1. The second kappa shape index (κ2) is 7.08. The van der Waals surface area contributed by atoms with Gasteiger partial charge in [0.1, 0.15) is 5.82 Å². The standard InChI is InChI=1S/C24H29N3O/c1-15(2)13-26-21-9-7-6-8-20(21)25-24(26)19-12-22(28)27(14-19)23-17(4)10-16(3)11-18(23)5/h6-11,15,19H,12-14H2,1-5H3/t19-/m0/s1. The normalized spacial score (nSPS) is 17.3. The zero-order chi connectivity index (χ0) is 20.0. The summed E-state index contributed by atoms with van der Waals surface area (Å²) in [5, 5.41) is 0. The summed E-state index contributed by atoms with van der Waals surface area (Å²) in [6, 6.07) is 12.6. The monoisotopic (exact) mass is 375 g/mol. The van der Waals surface area contributed by atoms with Crippen molar-refractivity contribution in [2.75, 3.05) is 11.4 Å². The topological polar surface area (TPSA) is 38.1 Å². The van der Waals surface area contributed by atoms with E-state index in [9.17, 15) is 4.79 Å². The van der Waals surface area contributed by atoms with E-state index >= 15 is 0 Å². The molecule has 4 heteroatoms. The lowest BCUT2D eigenvalue weighted by atomic mass is 10.0. The van der Waals surface area contributed by atoms with Gasteiger partial charge < -0.3 is 9.47 Å². The van der Waals surface area contributed by atoms with Crippen molar-refractivity contribution in [1.29, 1.82) is 0 Å². The molecule has 1 fully saturated rings. The molecule has 4 rings (SSSR count). The Bertz CT molecular complexity index is 1020. The zero-order valence-corrected chi connectivity index (χ0v) is 17.5. The first-order valence-corrected chi connectivity index (χ1v) is 10.2. The number of hydrogen-bond donors (Lipinski definition) is 0. The number of aromatic nitrogens is 2. The minimum absolute atomic E-state index is 0.124. The molecule has 0 N–H and O–H groups in total. The van der Waals surface area contributed by atoms with E-state index in [1.807, 2.05) is 11.0 Å². The maximum Gasteiger partial charge on any atom is 0.227 e. The Balaban J connectivity index is 1.74. The average molecular weight is 376 g/mol. The van der Waals surface area contributed by atoms with E-state index in [-0.39, 0.29) is 11.8 Å². The van der Waals surface area contributed by atoms with Crippen molar-refractivity contribution in [1.82, 2.24) is 9.55 Å². The lowest BCUT2D eigenvalue weighted by molar-refractivity contribution is -0.117. The van der Waals surface area contributed by atoms with Gasteiger partial charge in [-0.15, -0.1) is 0 Å². The van der Waals surface area contributed by atoms with Crippen molar-refractivity contribution in [3.05, 3.63) is 58.9 Å². The first-order valence-electron chi connectivity index (χ1n) is 10.2. The molecule has 1 aliphatic heterocycles. The van der Waals surface area contributed by atoms with Gasteiger partial charge in [0.2, 0.25) is 5.91 Å². The van der Waals surface area contributed by atoms with Gasteiger partial charge in [0.15, 0.2) is 0 Å². The van der Waals surface area contributed by atoms with Crippen LogP contribution >= 0.6 is 0 Å². The van der Waals surface area contributed by atoms with Gasteiger partial charge in [-0.2, -0.15) is 0 Å². The summed E-state index contributed by atoms with van der Waals surface area (Å²) in [4.78, 5) is 19.9. The number of para-hydroxylation sites is 2. The van der Waals surface area contributed by atoms with E-state index in [4.69, 9.17) is 4.98 Å². The smallest absolute Gasteiger partial charge is 0.227 e. The van der Waals surface area contributed by atoms with Crippen molar-refractivity contribution in [3.8, 4) is 0 Å². The Hall–Kier alpha value is -2.62. The minimum atomic E-state index is 0.124. The third-order valence-corrected chi connectivity index (χ3v) is 5.63. The maximum absolute atomic E-state index is 13.0. The third-order valence-electron chi connectivity index (χ3n) is 5.63. The van der Waals surface area contributed by atoms with Crippen molar-refractivity contribution in [3.63, 3.8) is 0 Å². The molecular formula is C24H29N3O.